The van der Waals surface area contributed by atoms with E-state index in [4.69, 9.17) is 8.94 Å². The molecule has 2 aromatic heterocycles. The molecule has 142 valence electrons. The van der Waals surface area contributed by atoms with Gasteiger partial charge in [0, 0.05) is 23.8 Å². The molecule has 0 bridgehead atoms. The maximum atomic E-state index is 13.0. The lowest BCUT2D eigenvalue weighted by Crippen LogP contribution is -2.26. The van der Waals surface area contributed by atoms with Crippen molar-refractivity contribution in [2.24, 2.45) is 0 Å². The zero-order valence-electron chi connectivity index (χ0n) is 15.2. The lowest BCUT2D eigenvalue weighted by Gasteiger charge is -2.10. The van der Waals surface area contributed by atoms with E-state index in [0.717, 1.165) is 11.0 Å². The number of furan rings is 1. The third-order valence-electron chi connectivity index (χ3n) is 4.39. The molecule has 1 amide bonds. The van der Waals surface area contributed by atoms with Crippen LogP contribution in [0.4, 0.5) is 4.39 Å². The summed E-state index contributed by atoms with van der Waals surface area (Å²) >= 11 is 0. The molecule has 2 heterocycles. The predicted octanol–water partition coefficient (Wildman–Crippen LogP) is 4.43. The number of carbonyl (C=O) groups excluding carboxylic acids is 1. The Morgan fingerprint density at radius 3 is 2.75 bits per heavy atom. The maximum absolute atomic E-state index is 13.0. The SMILES string of the molecule is C[C@@H](NC(=O)CCc1nc(-c2ccc(F)cc2)no1)c1cc2ccccc2o1. The van der Waals surface area contributed by atoms with Gasteiger partial charge in [0.25, 0.3) is 0 Å². The van der Waals surface area contributed by atoms with E-state index >= 15 is 0 Å². The molecule has 0 aliphatic carbocycles. The lowest BCUT2D eigenvalue weighted by atomic mass is 10.2. The molecule has 0 aliphatic rings. The summed E-state index contributed by atoms with van der Waals surface area (Å²) in [6, 6.07) is 15.2. The van der Waals surface area contributed by atoms with Crippen LogP contribution in [0, 0.1) is 5.82 Å². The van der Waals surface area contributed by atoms with Crippen molar-refractivity contribution in [1.29, 1.82) is 0 Å². The highest BCUT2D eigenvalue weighted by atomic mass is 19.1. The van der Waals surface area contributed by atoms with Crippen molar-refractivity contribution in [3.63, 3.8) is 0 Å². The van der Waals surface area contributed by atoms with E-state index < -0.39 is 0 Å². The fraction of sp³-hybridized carbons (Fsp3) is 0.190. The Morgan fingerprint density at radius 1 is 1.18 bits per heavy atom. The molecule has 1 atom stereocenters. The number of para-hydroxylation sites is 1. The highest BCUT2D eigenvalue weighted by Crippen LogP contribution is 2.23. The van der Waals surface area contributed by atoms with Crippen LogP contribution in [0.25, 0.3) is 22.4 Å². The quantitative estimate of drug-likeness (QED) is 0.536. The Bertz CT molecular complexity index is 1070. The molecule has 0 fully saturated rings. The number of halogens is 1. The zero-order chi connectivity index (χ0) is 19.5. The van der Waals surface area contributed by atoms with Crippen molar-refractivity contribution in [1.82, 2.24) is 15.5 Å². The van der Waals surface area contributed by atoms with Crippen LogP contribution in [-0.4, -0.2) is 16.0 Å². The first-order chi connectivity index (χ1) is 13.6. The fourth-order valence-electron chi connectivity index (χ4n) is 2.89. The number of amides is 1. The molecule has 2 aromatic carbocycles. The Morgan fingerprint density at radius 2 is 1.96 bits per heavy atom. The molecule has 0 aliphatic heterocycles. The first-order valence-electron chi connectivity index (χ1n) is 8.95. The molecule has 0 spiro atoms. The fourth-order valence-corrected chi connectivity index (χ4v) is 2.89. The summed E-state index contributed by atoms with van der Waals surface area (Å²) in [5.41, 5.74) is 1.44. The van der Waals surface area contributed by atoms with Gasteiger partial charge in [0.05, 0.1) is 6.04 Å². The summed E-state index contributed by atoms with van der Waals surface area (Å²) < 4.78 is 23.9. The molecule has 4 aromatic rings. The summed E-state index contributed by atoms with van der Waals surface area (Å²) in [6.07, 6.45) is 0.516. The van der Waals surface area contributed by atoms with E-state index in [1.54, 1.807) is 12.1 Å². The van der Waals surface area contributed by atoms with E-state index in [0.29, 0.717) is 29.5 Å². The molecule has 28 heavy (non-hydrogen) atoms. The second kappa shape index (κ2) is 7.64. The van der Waals surface area contributed by atoms with Gasteiger partial charge in [-0.15, -0.1) is 0 Å². The number of carbonyl (C=O) groups is 1. The number of nitrogens with one attached hydrogen (secondary N) is 1. The number of nitrogens with zero attached hydrogens (tertiary/aromatic N) is 2. The molecule has 1 N–H and O–H groups in total. The molecule has 6 nitrogen and oxygen atoms in total. The first-order valence-corrected chi connectivity index (χ1v) is 8.95. The number of hydrogen-bond donors (Lipinski definition) is 1. The maximum Gasteiger partial charge on any atom is 0.227 e. The van der Waals surface area contributed by atoms with Crippen molar-refractivity contribution in [2.45, 2.75) is 25.8 Å². The molecule has 0 radical (unpaired) electrons. The standard InChI is InChI=1S/C21H18FN3O3/c1-13(18-12-15-4-2-3-5-17(15)27-18)23-19(26)10-11-20-24-21(25-28-20)14-6-8-16(22)9-7-14/h2-9,12-13H,10-11H2,1H3,(H,23,26)/t13-/m1/s1. The molecule has 4 rings (SSSR count). The average molecular weight is 379 g/mol. The summed E-state index contributed by atoms with van der Waals surface area (Å²) in [5.74, 6) is 0.944. The van der Waals surface area contributed by atoms with Crippen LogP contribution in [0.5, 0.6) is 0 Å². The second-order valence-corrected chi connectivity index (χ2v) is 6.49. The van der Waals surface area contributed by atoms with Crippen molar-refractivity contribution < 1.29 is 18.1 Å². The smallest absolute Gasteiger partial charge is 0.227 e. The van der Waals surface area contributed by atoms with Crippen molar-refractivity contribution in [3.8, 4) is 11.4 Å². The predicted molar refractivity (Wildman–Crippen MR) is 101 cm³/mol. The number of fused-ring (bicyclic) bond motifs is 1. The molecular formula is C21H18FN3O3. The van der Waals surface area contributed by atoms with Gasteiger partial charge in [-0.2, -0.15) is 4.98 Å². The van der Waals surface area contributed by atoms with Gasteiger partial charge >= 0.3 is 0 Å². The summed E-state index contributed by atoms with van der Waals surface area (Å²) in [4.78, 5) is 16.5. The van der Waals surface area contributed by atoms with Crippen molar-refractivity contribution >= 4 is 16.9 Å². The largest absolute Gasteiger partial charge is 0.459 e. The van der Waals surface area contributed by atoms with Crippen molar-refractivity contribution in [3.05, 3.63) is 72.1 Å². The van der Waals surface area contributed by atoms with Crippen LogP contribution in [0.2, 0.25) is 0 Å². The highest BCUT2D eigenvalue weighted by Gasteiger charge is 2.16. The van der Waals surface area contributed by atoms with Gasteiger partial charge < -0.3 is 14.3 Å². The van der Waals surface area contributed by atoms with Crippen LogP contribution in [0.3, 0.4) is 0 Å². The Labute approximate surface area is 160 Å². The molecule has 0 saturated carbocycles. The van der Waals surface area contributed by atoms with Crippen molar-refractivity contribution in [2.75, 3.05) is 0 Å². The molecule has 0 unspecified atom stereocenters. The summed E-state index contributed by atoms with van der Waals surface area (Å²) in [6.45, 7) is 1.87. The third-order valence-corrected chi connectivity index (χ3v) is 4.39. The normalized spacial score (nSPS) is 12.2. The minimum Gasteiger partial charge on any atom is -0.459 e. The number of benzene rings is 2. The zero-order valence-corrected chi connectivity index (χ0v) is 15.2. The number of rotatable bonds is 6. The summed E-state index contributed by atoms with van der Waals surface area (Å²) in [7, 11) is 0. The summed E-state index contributed by atoms with van der Waals surface area (Å²) in [5, 5.41) is 7.78. The van der Waals surface area contributed by atoms with Crippen LogP contribution >= 0.6 is 0 Å². The van der Waals surface area contributed by atoms with E-state index in [-0.39, 0.29) is 24.2 Å². The Kier molecular flexibility index (Phi) is 4.89. The average Bonchev–Trinajstić information content (AvgIpc) is 3.34. The second-order valence-electron chi connectivity index (χ2n) is 6.49. The van der Waals surface area contributed by atoms with Gasteiger partial charge in [-0.1, -0.05) is 23.4 Å². The first kappa shape index (κ1) is 17.9. The molecule has 7 heteroatoms. The topological polar surface area (TPSA) is 81.2 Å². The van der Waals surface area contributed by atoms with Gasteiger partial charge in [-0.3, -0.25) is 4.79 Å². The van der Waals surface area contributed by atoms with Gasteiger partial charge in [-0.25, -0.2) is 4.39 Å². The van der Waals surface area contributed by atoms with E-state index in [1.807, 2.05) is 37.3 Å². The molecular weight excluding hydrogens is 361 g/mol. The van der Waals surface area contributed by atoms with Gasteiger partial charge in [-0.05, 0) is 43.3 Å². The van der Waals surface area contributed by atoms with Crippen LogP contribution in [-0.2, 0) is 11.2 Å². The van der Waals surface area contributed by atoms with E-state index in [2.05, 4.69) is 15.5 Å². The molecule has 0 saturated heterocycles. The number of hydrogen-bond acceptors (Lipinski definition) is 5. The van der Waals surface area contributed by atoms with Gasteiger partial charge in [0.1, 0.15) is 17.2 Å². The highest BCUT2D eigenvalue weighted by molar-refractivity contribution is 5.79. The van der Waals surface area contributed by atoms with Crippen LogP contribution < -0.4 is 5.32 Å². The number of aryl methyl sites for hydroxylation is 1. The van der Waals surface area contributed by atoms with E-state index in [9.17, 15) is 9.18 Å². The Hall–Kier alpha value is -3.48. The minimum absolute atomic E-state index is 0.144. The lowest BCUT2D eigenvalue weighted by molar-refractivity contribution is -0.121. The van der Waals surface area contributed by atoms with E-state index in [1.165, 1.54) is 12.1 Å². The van der Waals surface area contributed by atoms with Crippen LogP contribution in [0.15, 0.2) is 63.5 Å². The monoisotopic (exact) mass is 379 g/mol. The Balaban J connectivity index is 1.33. The van der Waals surface area contributed by atoms with Gasteiger partial charge in [0.15, 0.2) is 0 Å². The van der Waals surface area contributed by atoms with Crippen LogP contribution in [0.1, 0.15) is 31.0 Å². The minimum atomic E-state index is -0.331. The third kappa shape index (κ3) is 3.93. The van der Waals surface area contributed by atoms with Gasteiger partial charge in [0.2, 0.25) is 17.6 Å². The number of aromatic nitrogens is 2.